The fourth-order valence-electron chi connectivity index (χ4n) is 8.81. The van der Waals surface area contributed by atoms with Crippen molar-refractivity contribution in [3.05, 3.63) is 116 Å². The average Bonchev–Trinajstić information content (AvgIpc) is 1.63. The van der Waals surface area contributed by atoms with Crippen LogP contribution in [-0.2, 0) is 22.7 Å². The zero-order valence-electron chi connectivity index (χ0n) is 53.9. The van der Waals surface area contributed by atoms with Crippen LogP contribution in [0.2, 0.25) is 20.6 Å². The van der Waals surface area contributed by atoms with Crippen molar-refractivity contribution in [2.75, 3.05) is 55.6 Å². The molecule has 0 bridgehead atoms. The van der Waals surface area contributed by atoms with Gasteiger partial charge in [-0.1, -0.05) is 60.3 Å². The van der Waals surface area contributed by atoms with Crippen LogP contribution in [0.1, 0.15) is 73.8 Å². The lowest BCUT2D eigenvalue weighted by Crippen LogP contribution is -2.32. The van der Waals surface area contributed by atoms with Gasteiger partial charge in [-0.2, -0.15) is 39.5 Å². The molecular weight excluding hydrogens is 1440 g/mol. The maximum atomic E-state index is 13.3. The Bertz CT molecular complexity index is 4220. The summed E-state index contributed by atoms with van der Waals surface area (Å²) < 4.78 is 116. The van der Waals surface area contributed by atoms with Crippen LogP contribution >= 0.6 is 46.4 Å². The second kappa shape index (κ2) is 36.6. The predicted molar refractivity (Wildman–Crippen MR) is 352 cm³/mol. The summed E-state index contributed by atoms with van der Waals surface area (Å²) in [6.45, 7) is 8.74. The first-order chi connectivity index (χ1) is 47.6. The number of imidazole rings is 2. The zero-order chi connectivity index (χ0) is 74.5. The number of amides is 2. The molecule has 3 aliphatic rings. The van der Waals surface area contributed by atoms with E-state index in [0.29, 0.717) is 59.5 Å². The summed E-state index contributed by atoms with van der Waals surface area (Å²) in [7, 11) is 0. The van der Waals surface area contributed by atoms with Gasteiger partial charge in [0.25, 0.3) is 0 Å². The van der Waals surface area contributed by atoms with Crippen LogP contribution in [0.4, 0.5) is 62.5 Å². The molecule has 0 radical (unpaired) electrons. The van der Waals surface area contributed by atoms with Crippen LogP contribution in [0.5, 0.6) is 0 Å². The van der Waals surface area contributed by atoms with Gasteiger partial charge >= 0.3 is 24.2 Å². The maximum absolute atomic E-state index is 13.3. The number of rotatable bonds is 12. The van der Waals surface area contributed by atoms with Crippen LogP contribution in [0.15, 0.2) is 62.5 Å². The van der Waals surface area contributed by atoms with Gasteiger partial charge in [-0.3, -0.25) is 33.6 Å². The number of nitrogen functional groups attached to an aromatic ring is 1. The molecule has 9 aromatic rings. The van der Waals surface area contributed by atoms with E-state index in [1.54, 1.807) is 20.8 Å². The van der Waals surface area contributed by atoms with E-state index in [9.17, 15) is 64.0 Å². The molecule has 101 heavy (non-hydrogen) atoms. The van der Waals surface area contributed by atoms with Crippen LogP contribution in [0.3, 0.4) is 0 Å². The van der Waals surface area contributed by atoms with Crippen molar-refractivity contribution >= 4 is 110 Å². The highest BCUT2D eigenvalue weighted by molar-refractivity contribution is 6.36. The van der Waals surface area contributed by atoms with E-state index < -0.39 is 48.8 Å². The van der Waals surface area contributed by atoms with E-state index in [1.165, 1.54) is 43.5 Å². The average molecular weight is 1510 g/mol. The van der Waals surface area contributed by atoms with Crippen LogP contribution < -0.4 is 27.8 Å². The highest BCUT2D eigenvalue weighted by Crippen LogP contribution is 2.35. The third-order valence-corrected chi connectivity index (χ3v) is 14.7. The Labute approximate surface area is 587 Å². The molecule has 0 aromatic carbocycles. The molecule has 2 atom stereocenters. The second-order valence-electron chi connectivity index (χ2n) is 21.5. The number of alkyl halides is 9. The van der Waals surface area contributed by atoms with Gasteiger partial charge in [0.2, 0.25) is 22.1 Å². The number of aromatic nitrogens is 18. The van der Waals surface area contributed by atoms with Crippen LogP contribution in [0.25, 0.3) is 45.1 Å². The van der Waals surface area contributed by atoms with Gasteiger partial charge < -0.3 is 37.6 Å². The van der Waals surface area contributed by atoms with Gasteiger partial charge in [-0.05, 0) is 53.0 Å². The molecule has 2 saturated heterocycles. The predicted octanol–water partition coefficient (Wildman–Crippen LogP) is 9.28. The number of nitrogens with zero attached hydrogens (tertiary/aromatic N) is 21. The molecule has 31 nitrogen and oxygen atoms in total. The number of nitrogens with one attached hydrogen (secondary N) is 2. The zero-order valence-corrected chi connectivity index (χ0v) is 56.9. The van der Waals surface area contributed by atoms with E-state index >= 15 is 0 Å². The lowest BCUT2D eigenvalue weighted by atomic mass is 10.2. The molecule has 8 N–H and O–H groups in total. The summed E-state index contributed by atoms with van der Waals surface area (Å²) in [6.07, 6.45) is 4.73. The highest BCUT2D eigenvalue weighted by atomic mass is 35.5. The van der Waals surface area contributed by atoms with Crippen molar-refractivity contribution in [2.24, 2.45) is 17.4 Å². The molecule has 3 fully saturated rings. The van der Waals surface area contributed by atoms with Crippen LogP contribution in [0, 0.1) is 36.8 Å². The van der Waals surface area contributed by atoms with Gasteiger partial charge in [0.15, 0.2) is 45.0 Å². The SMILES string of the molecule is CCC(=O)N1CC[C@H](N)C1.CCN.Cc1ncc(-c2nc3c(Cl)ncnc3n2CC(F)(F)F)cn1.Cc1ncc(-c2nc3c(N[C@H]4CCN(C(=O)C5CC5)C4)ncnc3n2CC(F)(F)F)cn1.Cc1ncc(C=O)cn1.Nc1c(Cl)ncnc1NCC(F)(F)F.O=[N+]([O-])c1c(Cl)ncnc1Cl. The minimum absolute atomic E-state index is 0.00731. The van der Waals surface area contributed by atoms with Crippen molar-refractivity contribution < 1.29 is 58.8 Å². The third-order valence-electron chi connectivity index (χ3n) is 13.6. The van der Waals surface area contributed by atoms with Gasteiger partial charge in [0, 0.05) is 87.8 Å². The fourth-order valence-corrected chi connectivity index (χ4v) is 9.57. The molecule has 44 heteroatoms. The van der Waals surface area contributed by atoms with E-state index in [0.717, 1.165) is 79.7 Å². The number of aryl methyl sites for hydroxylation is 3. The quantitative estimate of drug-likeness (QED) is 0.0250. The molecule has 0 spiro atoms. The molecular formula is C57H63Cl4F9N26O5. The summed E-state index contributed by atoms with van der Waals surface area (Å²) in [5, 5.41) is 14.9. The monoisotopic (exact) mass is 1500 g/mol. The molecule has 1 aliphatic carbocycles. The number of halogens is 13. The third kappa shape index (κ3) is 24.6. The second-order valence-corrected chi connectivity index (χ2v) is 23.0. The molecule has 9 aromatic heterocycles. The van der Waals surface area contributed by atoms with Crippen LogP contribution in [-0.4, -0.2) is 192 Å². The number of nitro groups is 1. The topological polar surface area (TPSA) is 419 Å². The number of carbonyl (C=O) groups excluding carboxylic acids is 3. The Morgan fingerprint density at radius 2 is 1.06 bits per heavy atom. The minimum Gasteiger partial charge on any atom is -0.393 e. The summed E-state index contributed by atoms with van der Waals surface area (Å²) in [5.41, 5.74) is 16.9. The minimum atomic E-state index is -4.47. The fraction of sp³-hybridized carbons (Fsp3) is 0.421. The van der Waals surface area contributed by atoms with E-state index in [2.05, 4.69) is 85.1 Å². The van der Waals surface area contributed by atoms with Gasteiger partial charge in [0.1, 0.15) is 85.3 Å². The molecule has 0 unspecified atom stereocenters. The molecule has 2 amide bonds. The lowest BCUT2D eigenvalue weighted by Gasteiger charge is -2.17. The van der Waals surface area contributed by atoms with Crippen molar-refractivity contribution in [3.8, 4) is 22.8 Å². The Morgan fingerprint density at radius 1 is 0.614 bits per heavy atom. The largest absolute Gasteiger partial charge is 0.406 e. The molecule has 2 aliphatic heterocycles. The summed E-state index contributed by atoms with van der Waals surface area (Å²) >= 11 is 22.0. The number of nitrogens with two attached hydrogens (primary N) is 3. The van der Waals surface area contributed by atoms with E-state index in [-0.39, 0.29) is 95.9 Å². The summed E-state index contributed by atoms with van der Waals surface area (Å²) in [6, 6.07) is 0.158. The van der Waals surface area contributed by atoms with Crippen molar-refractivity contribution in [2.45, 2.75) is 110 Å². The van der Waals surface area contributed by atoms with Gasteiger partial charge in [-0.15, -0.1) is 0 Å². The van der Waals surface area contributed by atoms with Gasteiger partial charge in [0.05, 0.1) is 21.6 Å². The Balaban J connectivity index is 0.000000202. The van der Waals surface area contributed by atoms with E-state index in [1.807, 2.05) is 29.0 Å². The van der Waals surface area contributed by atoms with Crippen molar-refractivity contribution in [3.63, 3.8) is 0 Å². The molecule has 1 saturated carbocycles. The standard InChI is InChI=1S/C20H21F3N8O.C12H8ClF3N6.C7H14N2O.C6H6ClF3N4.C6H6N2O.C4HCl2N3O2.C2H7N/c1-11-24-6-13(7-25-11)17-29-15-16(26-10-27-18(15)31(17)9-20(21,22)23)28-14-4-5-30(8-14)19(32)12-2-3-12;1-6-17-2-7(3-18-6)10-21-8-9(13)19-5-20-11(8)22(10)4-12(14,15)16;1-2-7(10)9-4-3-6(8)5-9;7-4-3(11)5(14-2-13-4)12-1-6(8,9)10;1-5-7-2-6(4-9)3-8-5;5-3-2(9(10)11)4(6)8-1-7-3;1-2-3/h6-7,10,12,14H,2-5,8-9H2,1H3,(H,26,27,28);2-3,5H,4H2,1H3;6H,2-5,8H2,1H3;2H,1,11H2,(H,12,13,14);2-4H,1H3;1H;2-3H2,1H3/t14-;;6-;;;;/m0.0..../s1. The first-order valence-electron chi connectivity index (χ1n) is 29.8. The Morgan fingerprint density at radius 3 is 1.51 bits per heavy atom. The summed E-state index contributed by atoms with van der Waals surface area (Å²) in [4.78, 5) is 108. The lowest BCUT2D eigenvalue weighted by molar-refractivity contribution is -0.385. The normalized spacial score (nSPS) is 14.8. The first-order valence-corrected chi connectivity index (χ1v) is 31.3. The number of hydrogen-bond donors (Lipinski definition) is 5. The molecule has 12 rings (SSSR count). The number of hydrogen-bond acceptors (Lipinski definition) is 26. The Kier molecular flexibility index (Phi) is 29.1. The maximum Gasteiger partial charge on any atom is 0.406 e. The Hall–Kier alpha value is -9.64. The number of likely N-dealkylation sites (tertiary alicyclic amines) is 2. The highest BCUT2D eigenvalue weighted by Gasteiger charge is 2.38. The van der Waals surface area contributed by atoms with E-state index in [4.69, 9.17) is 63.6 Å². The summed E-state index contributed by atoms with van der Waals surface area (Å²) in [5.74, 6) is 2.57. The number of aldehydes is 1. The molecule has 11 heterocycles. The smallest absolute Gasteiger partial charge is 0.393 e. The number of anilines is 3. The van der Waals surface area contributed by atoms with Crippen molar-refractivity contribution in [1.82, 2.24) is 98.7 Å². The number of carbonyl (C=O) groups is 3. The first kappa shape index (κ1) is 80.3. The van der Waals surface area contributed by atoms with Crippen molar-refractivity contribution in [1.29, 1.82) is 0 Å². The van der Waals surface area contributed by atoms with Gasteiger partial charge in [-0.25, -0.2) is 79.7 Å². The molecule has 542 valence electrons. The number of fused-ring (bicyclic) bond motifs is 2.